The number of ether oxygens (including phenoxy) is 4. The number of hydrogen-bond donors (Lipinski definition) is 8. The summed E-state index contributed by atoms with van der Waals surface area (Å²) in [4.78, 5) is 113. The molecule has 0 unspecified atom stereocenters. The Balaban J connectivity index is 1.72. The summed E-state index contributed by atoms with van der Waals surface area (Å²) in [5, 5.41) is 24.7. The zero-order chi connectivity index (χ0) is 60.8. The number of methoxy groups -OCH3 is 3. The van der Waals surface area contributed by atoms with Gasteiger partial charge in [0.25, 0.3) is 5.91 Å². The summed E-state index contributed by atoms with van der Waals surface area (Å²) in [7, 11) is 7.42. The molecule has 9 amide bonds. The lowest BCUT2D eigenvalue weighted by Crippen LogP contribution is -2.60. The zero-order valence-electron chi connectivity index (χ0n) is 50.1. The van der Waals surface area contributed by atoms with Crippen molar-refractivity contribution in [1.29, 1.82) is 0 Å². The monoisotopic (exact) mass is 1140 g/mol. The van der Waals surface area contributed by atoms with Gasteiger partial charge in [-0.05, 0) is 79.5 Å². The van der Waals surface area contributed by atoms with Crippen molar-refractivity contribution in [2.45, 2.75) is 174 Å². The maximum atomic E-state index is 14.7. The van der Waals surface area contributed by atoms with Crippen molar-refractivity contribution < 1.29 is 62.4 Å². The SMILES string of the molecule is CC[C@H](C)[C@@H]([C@@H](CC(=O)N1CCC[C@H]1[C@@H](OC)[C@@H](OC)C(=O)N[C@H](C)[C@@H](O)c1ccccc1)OC)N(C)C(=O)[C@@H](NC(=O)[C@H](C(C)C)N(C)C(=O)OCc1ccc(NC(=O)[C@H](CCCNC(N)=O)NC(=O)[C@@H](N)C(C)C)cc1)C(C)C. The molecule has 81 heavy (non-hydrogen) atoms. The van der Waals surface area contributed by atoms with Crippen LogP contribution in [-0.4, -0.2) is 176 Å². The largest absolute Gasteiger partial charge is 0.445 e. The number of nitrogens with one attached hydrogen (secondary N) is 5. The van der Waals surface area contributed by atoms with Crippen LogP contribution in [0.3, 0.4) is 0 Å². The van der Waals surface area contributed by atoms with E-state index >= 15 is 0 Å². The van der Waals surface area contributed by atoms with Crippen molar-refractivity contribution in [3.63, 3.8) is 0 Å². The maximum Gasteiger partial charge on any atom is 0.410 e. The van der Waals surface area contributed by atoms with Crippen molar-refractivity contribution in [2.24, 2.45) is 35.1 Å². The van der Waals surface area contributed by atoms with E-state index in [2.05, 4.69) is 26.6 Å². The molecular weight excluding hydrogens is 1040 g/mol. The highest BCUT2D eigenvalue weighted by Crippen LogP contribution is 2.30. The Morgan fingerprint density at radius 2 is 1.41 bits per heavy atom. The van der Waals surface area contributed by atoms with Crippen molar-refractivity contribution in [2.75, 3.05) is 53.8 Å². The van der Waals surface area contributed by atoms with E-state index in [1.54, 1.807) is 114 Å². The highest BCUT2D eigenvalue weighted by molar-refractivity contribution is 5.98. The lowest BCUT2D eigenvalue weighted by atomic mass is 9.89. The minimum absolute atomic E-state index is 0.113. The number of amides is 9. The Kier molecular flexibility index (Phi) is 28.5. The number of likely N-dealkylation sites (N-methyl/N-ethyl adjacent to an activating group) is 2. The highest BCUT2D eigenvalue weighted by Gasteiger charge is 2.45. The van der Waals surface area contributed by atoms with Crippen LogP contribution in [-0.2, 0) is 54.3 Å². The van der Waals surface area contributed by atoms with Crippen LogP contribution in [0.5, 0.6) is 0 Å². The molecule has 1 saturated heterocycles. The van der Waals surface area contributed by atoms with Crippen LogP contribution < -0.4 is 38.1 Å². The second kappa shape index (κ2) is 33.5. The Labute approximate surface area is 479 Å². The first kappa shape index (κ1) is 68.9. The van der Waals surface area contributed by atoms with Gasteiger partial charge in [0.2, 0.25) is 29.5 Å². The van der Waals surface area contributed by atoms with Crippen molar-refractivity contribution in [3.05, 3.63) is 65.7 Å². The number of hydrogen-bond acceptors (Lipinski definition) is 14. The summed E-state index contributed by atoms with van der Waals surface area (Å²) < 4.78 is 23.4. The third-order valence-electron chi connectivity index (χ3n) is 15.2. The smallest absolute Gasteiger partial charge is 0.410 e. The van der Waals surface area contributed by atoms with Gasteiger partial charge in [-0.25, -0.2) is 9.59 Å². The van der Waals surface area contributed by atoms with E-state index in [9.17, 15) is 43.5 Å². The van der Waals surface area contributed by atoms with Crippen molar-refractivity contribution >= 4 is 53.3 Å². The molecule has 0 radical (unpaired) electrons. The topological polar surface area (TPSA) is 316 Å². The molecule has 2 aromatic rings. The van der Waals surface area contributed by atoms with Gasteiger partial charge in [-0.3, -0.25) is 33.7 Å². The zero-order valence-corrected chi connectivity index (χ0v) is 50.1. The molecule has 0 aromatic heterocycles. The summed E-state index contributed by atoms with van der Waals surface area (Å²) in [6.07, 6.45) is -2.34. The van der Waals surface area contributed by atoms with Gasteiger partial charge in [-0.2, -0.15) is 0 Å². The van der Waals surface area contributed by atoms with Crippen LogP contribution >= 0.6 is 0 Å². The number of carbonyl (C=O) groups excluding carboxylic acids is 8. The summed E-state index contributed by atoms with van der Waals surface area (Å²) in [5.41, 5.74) is 12.8. The van der Waals surface area contributed by atoms with Crippen LogP contribution in [0, 0.1) is 23.7 Å². The molecule has 2 aromatic carbocycles. The standard InChI is InChI=1S/C58H94N10O13/c1-15-36(8)48(43(78-12)31-44(69)68-30-20-24-42(68)50(79-13)51(80-14)55(74)62-37(9)49(70)39-21-17-16-18-22-39)66(10)56(75)46(34(4)5)65-54(73)47(35(6)7)67(11)58(77)81-32-38-25-27-40(28-26-38)63-52(71)41(23-19-29-61-57(60)76)64-53(72)45(59)33(2)3/h16-18,21-22,25-28,33-37,41-43,45-51,70H,15,19-20,23-24,29-32,59H2,1-14H3,(H,62,74)(H,63,71)(H,64,72)(H,65,73)(H3,60,61,76)/t36-,37+,41-,42-,43+,45-,46-,47-,48-,49+,50+,51+/m0/s1. The first-order valence-electron chi connectivity index (χ1n) is 28.1. The molecule has 0 saturated carbocycles. The molecule has 12 atom stereocenters. The number of carbonyl (C=O) groups is 8. The number of anilines is 1. The van der Waals surface area contributed by atoms with E-state index in [0.29, 0.717) is 49.0 Å². The molecular formula is C58H94N10O13. The van der Waals surface area contributed by atoms with E-state index in [1.165, 1.54) is 33.3 Å². The van der Waals surface area contributed by atoms with Crippen molar-refractivity contribution in [1.82, 2.24) is 36.0 Å². The molecule has 1 aliphatic heterocycles. The third kappa shape index (κ3) is 19.9. The molecule has 1 aliphatic rings. The Bertz CT molecular complexity index is 2340. The molecule has 1 fully saturated rings. The fourth-order valence-corrected chi connectivity index (χ4v) is 10.2. The lowest BCUT2D eigenvalue weighted by Gasteiger charge is -2.41. The van der Waals surface area contributed by atoms with E-state index in [-0.39, 0.29) is 43.7 Å². The second-order valence-electron chi connectivity index (χ2n) is 22.1. The molecule has 3 rings (SSSR count). The summed E-state index contributed by atoms with van der Waals surface area (Å²) >= 11 is 0. The second-order valence-corrected chi connectivity index (χ2v) is 22.1. The number of aliphatic hydroxyl groups excluding tert-OH is 1. The quantitative estimate of drug-likeness (QED) is 0.0484. The van der Waals surface area contributed by atoms with Gasteiger partial charge in [-0.1, -0.05) is 104 Å². The van der Waals surface area contributed by atoms with E-state index in [1.807, 2.05) is 19.9 Å². The molecule has 0 bridgehead atoms. The average Bonchev–Trinajstić information content (AvgIpc) is 4.02. The number of urea groups is 1. The normalized spacial score (nSPS) is 17.5. The van der Waals surface area contributed by atoms with Gasteiger partial charge < -0.3 is 71.9 Å². The van der Waals surface area contributed by atoms with E-state index in [0.717, 1.165) is 0 Å². The number of likely N-dealkylation sites (tertiary alicyclic amines) is 1. The van der Waals surface area contributed by atoms with Crippen LogP contribution in [0.1, 0.15) is 118 Å². The van der Waals surface area contributed by atoms with Crippen molar-refractivity contribution in [3.8, 4) is 0 Å². The first-order valence-corrected chi connectivity index (χ1v) is 28.1. The highest BCUT2D eigenvalue weighted by atomic mass is 16.6. The van der Waals surface area contributed by atoms with Crippen LogP contribution in [0.25, 0.3) is 0 Å². The molecule has 23 heteroatoms. The molecule has 10 N–H and O–H groups in total. The third-order valence-corrected chi connectivity index (χ3v) is 15.2. The van der Waals surface area contributed by atoms with Gasteiger partial charge in [0.15, 0.2) is 6.10 Å². The average molecular weight is 1140 g/mol. The molecule has 23 nitrogen and oxygen atoms in total. The molecule has 454 valence electrons. The molecule has 0 spiro atoms. The van der Waals surface area contributed by atoms with Gasteiger partial charge >= 0.3 is 12.1 Å². The Hall–Kier alpha value is -6.40. The number of nitrogens with two attached hydrogens (primary N) is 2. The van der Waals surface area contributed by atoms with Gasteiger partial charge in [-0.15, -0.1) is 0 Å². The molecule has 1 heterocycles. The number of nitrogens with zero attached hydrogens (tertiary/aromatic N) is 3. The lowest BCUT2D eigenvalue weighted by molar-refractivity contribution is -0.152. The predicted molar refractivity (Wildman–Crippen MR) is 307 cm³/mol. The van der Waals surface area contributed by atoms with E-state index in [4.69, 9.17) is 30.4 Å². The fourth-order valence-electron chi connectivity index (χ4n) is 10.2. The summed E-state index contributed by atoms with van der Waals surface area (Å²) in [6, 6.07) is 9.00. The number of benzene rings is 2. The number of aliphatic hydroxyl groups is 1. The maximum absolute atomic E-state index is 14.7. The number of rotatable bonds is 32. The van der Waals surface area contributed by atoms with E-state index < -0.39 is 120 Å². The molecule has 0 aliphatic carbocycles. The Morgan fingerprint density at radius 1 is 0.765 bits per heavy atom. The van der Waals surface area contributed by atoms with Gasteiger partial charge in [0, 0.05) is 54.2 Å². The Morgan fingerprint density at radius 3 is 1.95 bits per heavy atom. The summed E-state index contributed by atoms with van der Waals surface area (Å²) in [6.45, 7) is 16.8. The van der Waals surface area contributed by atoms with Gasteiger partial charge in [0.1, 0.15) is 30.8 Å². The van der Waals surface area contributed by atoms with Crippen LogP contribution in [0.2, 0.25) is 0 Å². The minimum atomic E-state index is -1.12. The van der Waals surface area contributed by atoms with Crippen LogP contribution in [0.4, 0.5) is 15.3 Å². The van der Waals surface area contributed by atoms with Gasteiger partial charge in [0.05, 0.1) is 42.8 Å². The number of primary amides is 1. The van der Waals surface area contributed by atoms with Crippen LogP contribution in [0.15, 0.2) is 54.6 Å². The predicted octanol–water partition coefficient (Wildman–Crippen LogP) is 3.81. The minimum Gasteiger partial charge on any atom is -0.445 e. The fraction of sp³-hybridized carbons (Fsp3) is 0.655. The first-order chi connectivity index (χ1) is 38.2. The summed E-state index contributed by atoms with van der Waals surface area (Å²) in [5.74, 6) is -3.95.